The molecule has 6 aromatic carbocycles. The zero-order valence-electron chi connectivity index (χ0n) is 31.4. The molecule has 0 saturated carbocycles. The van der Waals surface area contributed by atoms with E-state index in [-0.39, 0.29) is 53.6 Å². The highest BCUT2D eigenvalue weighted by atomic mass is 32.2. The van der Waals surface area contributed by atoms with Crippen LogP contribution in [0.4, 0.5) is 0 Å². The number of hydrogen-bond acceptors (Lipinski definition) is 18. The molecular formula is C38H30O18S6. The Labute approximate surface area is 366 Å². The molecule has 0 heterocycles. The van der Waals surface area contributed by atoms with Gasteiger partial charge in [-0.3, -0.25) is 13.7 Å². The molecule has 24 heteroatoms. The Kier molecular flexibility index (Phi) is 15.0. The summed E-state index contributed by atoms with van der Waals surface area (Å²) < 4.78 is 120. The van der Waals surface area contributed by atoms with Gasteiger partial charge in [0.1, 0.15) is 9.79 Å². The largest absolute Gasteiger partial charge is 0.295 e. The van der Waals surface area contributed by atoms with Gasteiger partial charge in [0.05, 0.1) is 41.0 Å². The van der Waals surface area contributed by atoms with E-state index < -0.39 is 40.1 Å². The summed E-state index contributed by atoms with van der Waals surface area (Å²) >= 11 is 1.60. The monoisotopic (exact) mass is 966 g/mol. The molecule has 0 bridgehead atoms. The molecule has 0 saturated heterocycles. The van der Waals surface area contributed by atoms with Gasteiger partial charge in [-0.25, -0.2) is 15.8 Å². The van der Waals surface area contributed by atoms with Crippen LogP contribution in [0.3, 0.4) is 0 Å². The fourth-order valence-corrected chi connectivity index (χ4v) is 10.1. The third-order valence-electron chi connectivity index (χ3n) is 9.18. The minimum absolute atomic E-state index is 0.0121. The van der Waals surface area contributed by atoms with Crippen LogP contribution in [-0.4, -0.2) is 54.7 Å². The maximum Gasteiger partial charge on any atom is 0.295 e. The minimum Gasteiger partial charge on any atom is -0.282 e. The SMILES string of the molecule is Cc1ccc(-c2ccc(-c3ccc(-c4ccc(-c5ccc(-c6ccc(C)c(S(=O)(=O)O)c6)cc5SOOO)c(S(=O)(=O)O)c4)cc3SOOO)c(S(=O)(=O)O)c2)cc1SOOO. The van der Waals surface area contributed by atoms with Gasteiger partial charge in [-0.15, -0.1) is 13.0 Å². The van der Waals surface area contributed by atoms with Crippen molar-refractivity contribution in [1.82, 2.24) is 0 Å². The first-order valence-corrected chi connectivity index (χ1v) is 23.5. The van der Waals surface area contributed by atoms with E-state index in [4.69, 9.17) is 20.1 Å². The third-order valence-corrected chi connectivity index (χ3v) is 14.0. The van der Waals surface area contributed by atoms with Gasteiger partial charge in [-0.2, -0.15) is 25.3 Å². The molecule has 6 rings (SSSR count). The van der Waals surface area contributed by atoms with Crippen LogP contribution in [-0.2, 0) is 58.5 Å². The number of benzene rings is 6. The van der Waals surface area contributed by atoms with Crippen molar-refractivity contribution in [2.24, 2.45) is 0 Å². The van der Waals surface area contributed by atoms with Crippen LogP contribution in [0, 0.1) is 13.8 Å². The van der Waals surface area contributed by atoms with Crippen molar-refractivity contribution in [3.05, 3.63) is 120 Å². The number of hydrogen-bond donors (Lipinski definition) is 6. The van der Waals surface area contributed by atoms with E-state index in [0.29, 0.717) is 63.3 Å². The summed E-state index contributed by atoms with van der Waals surface area (Å²) in [5, 5.41) is 37.8. The maximum absolute atomic E-state index is 13.0. The Bertz CT molecular complexity index is 3000. The molecule has 0 amide bonds. The minimum atomic E-state index is -5.00. The van der Waals surface area contributed by atoms with Crippen LogP contribution >= 0.6 is 36.1 Å². The summed E-state index contributed by atoms with van der Waals surface area (Å²) in [5.41, 5.74) is 3.32. The lowest BCUT2D eigenvalue weighted by molar-refractivity contribution is -0.432. The highest BCUT2D eigenvalue weighted by molar-refractivity contribution is 7.95. The van der Waals surface area contributed by atoms with Gasteiger partial charge in [0, 0.05) is 25.8 Å². The van der Waals surface area contributed by atoms with Gasteiger partial charge < -0.3 is 0 Å². The molecule has 0 aliphatic heterocycles. The van der Waals surface area contributed by atoms with Crippen molar-refractivity contribution >= 4 is 66.5 Å². The van der Waals surface area contributed by atoms with E-state index in [0.717, 1.165) is 11.6 Å². The highest BCUT2D eigenvalue weighted by Gasteiger charge is 2.25. The van der Waals surface area contributed by atoms with Crippen LogP contribution in [0.5, 0.6) is 0 Å². The van der Waals surface area contributed by atoms with Gasteiger partial charge in [0.15, 0.2) is 0 Å². The van der Waals surface area contributed by atoms with Crippen LogP contribution in [0.25, 0.3) is 55.6 Å². The van der Waals surface area contributed by atoms with Gasteiger partial charge in [-0.1, -0.05) is 87.9 Å². The Morgan fingerprint density at radius 3 is 1.03 bits per heavy atom. The fraction of sp³-hybridized carbons (Fsp3) is 0.0526. The number of rotatable bonds is 17. The van der Waals surface area contributed by atoms with Gasteiger partial charge >= 0.3 is 0 Å². The fourth-order valence-electron chi connectivity index (χ4n) is 6.34. The van der Waals surface area contributed by atoms with Crippen molar-refractivity contribution in [2.45, 2.75) is 43.2 Å². The zero-order chi connectivity index (χ0) is 45.0. The van der Waals surface area contributed by atoms with Crippen LogP contribution in [0.1, 0.15) is 11.1 Å². The van der Waals surface area contributed by atoms with E-state index >= 15 is 0 Å². The standard InChI is InChI=1S/C38H30O18S6/c1-21-3-5-23(15-33(21)57-54-51-39)27-9-13-31(37(19-27)61(45,46)47)30-12-8-25(17-35(30)59-56-53-41)28-10-14-32(38(20-28)62(48,49)50)29-11-7-24(16-34(29)58-55-52-40)26-6-4-22(2)36(18-26)60(42,43)44/h3-20,39-41H,1-2H3,(H,42,43,44)(H,45,46,47)(H,48,49,50). The lowest BCUT2D eigenvalue weighted by Gasteiger charge is -2.16. The predicted octanol–water partition coefficient (Wildman–Crippen LogP) is 9.66. The number of aryl methyl sites for hydroxylation is 2. The van der Waals surface area contributed by atoms with Crippen molar-refractivity contribution in [1.29, 1.82) is 0 Å². The van der Waals surface area contributed by atoms with Gasteiger partial charge in [-0.05, 0) is 106 Å². The second-order valence-corrected chi connectivity index (χ2v) is 19.3. The lowest BCUT2D eigenvalue weighted by atomic mass is 9.95. The second-order valence-electron chi connectivity index (χ2n) is 12.9. The van der Waals surface area contributed by atoms with Crippen molar-refractivity contribution in [2.75, 3.05) is 0 Å². The molecule has 6 aromatic rings. The van der Waals surface area contributed by atoms with E-state index in [1.54, 1.807) is 37.3 Å². The van der Waals surface area contributed by atoms with E-state index in [9.17, 15) is 38.9 Å². The molecular weight excluding hydrogens is 937 g/mol. The normalized spacial score (nSPS) is 12.2. The Balaban J connectivity index is 1.45. The van der Waals surface area contributed by atoms with Crippen molar-refractivity contribution in [3.8, 4) is 55.6 Å². The first-order chi connectivity index (χ1) is 29.3. The topological polar surface area (TPSA) is 279 Å². The van der Waals surface area contributed by atoms with Crippen molar-refractivity contribution < 1.29 is 82.8 Å². The average molecular weight is 967 g/mol. The molecule has 0 atom stereocenters. The average Bonchev–Trinajstić information content (AvgIpc) is 3.23. The van der Waals surface area contributed by atoms with Crippen LogP contribution in [0.2, 0.25) is 0 Å². The summed E-state index contributed by atoms with van der Waals surface area (Å²) in [6.07, 6.45) is 0. The van der Waals surface area contributed by atoms with E-state index in [2.05, 4.69) is 23.8 Å². The van der Waals surface area contributed by atoms with E-state index in [1.165, 1.54) is 79.7 Å². The van der Waals surface area contributed by atoms with Gasteiger partial charge in [0.25, 0.3) is 30.4 Å². The molecule has 326 valence electrons. The Morgan fingerprint density at radius 2 is 0.661 bits per heavy atom. The lowest BCUT2D eigenvalue weighted by Crippen LogP contribution is -2.03. The molecule has 0 unspecified atom stereocenters. The quantitative estimate of drug-likeness (QED) is 0.0215. The molecule has 0 aromatic heterocycles. The zero-order valence-corrected chi connectivity index (χ0v) is 36.3. The summed E-state index contributed by atoms with van der Waals surface area (Å²) in [4.78, 5) is -0.706. The molecule has 18 nitrogen and oxygen atoms in total. The van der Waals surface area contributed by atoms with Crippen LogP contribution in [0.15, 0.2) is 139 Å². The first kappa shape index (κ1) is 47.2. The predicted molar refractivity (Wildman–Crippen MR) is 225 cm³/mol. The van der Waals surface area contributed by atoms with E-state index in [1.807, 2.05) is 0 Å². The van der Waals surface area contributed by atoms with Crippen molar-refractivity contribution in [3.63, 3.8) is 0 Å². The smallest absolute Gasteiger partial charge is 0.282 e. The summed E-state index contributed by atoms with van der Waals surface area (Å²) in [6.45, 7) is 3.26. The Morgan fingerprint density at radius 1 is 0.371 bits per heavy atom. The molecule has 0 spiro atoms. The van der Waals surface area contributed by atoms with Crippen LogP contribution < -0.4 is 0 Å². The molecule has 0 aliphatic rings. The molecule has 6 N–H and O–H groups in total. The third kappa shape index (κ3) is 10.9. The molecule has 62 heavy (non-hydrogen) atoms. The summed E-state index contributed by atoms with van der Waals surface area (Å²) in [6, 6.07) is 26.3. The summed E-state index contributed by atoms with van der Waals surface area (Å²) in [7, 11) is -14.5. The molecule has 0 fully saturated rings. The maximum atomic E-state index is 13.0. The molecule has 0 radical (unpaired) electrons. The van der Waals surface area contributed by atoms with Gasteiger partial charge in [0.2, 0.25) is 0 Å². The molecule has 0 aliphatic carbocycles. The highest BCUT2D eigenvalue weighted by Crippen LogP contribution is 2.43. The first-order valence-electron chi connectivity index (χ1n) is 17.0. The Hall–Kier alpha value is -4.26. The second kappa shape index (κ2) is 19.6. The summed E-state index contributed by atoms with van der Waals surface area (Å²) in [5.74, 6) is 0.